The molecule has 0 aliphatic carbocycles. The molecule has 0 saturated carbocycles. The van der Waals surface area contributed by atoms with Gasteiger partial charge in [-0.1, -0.05) is 6.07 Å². The van der Waals surface area contributed by atoms with Gasteiger partial charge in [0.2, 0.25) is 0 Å². The average Bonchev–Trinajstić information content (AvgIpc) is 2.09. The molecule has 0 heterocycles. The monoisotopic (exact) mass is 209 g/mol. The van der Waals surface area contributed by atoms with Crippen LogP contribution < -0.4 is 5.73 Å². The number of rotatable bonds is 3. The normalized spacial score (nSPS) is 12.5. The molecule has 0 aliphatic rings. The molecule has 1 unspecified atom stereocenters. The summed E-state index contributed by atoms with van der Waals surface area (Å²) in [4.78, 5) is 10.5. The maximum absolute atomic E-state index is 10.5. The van der Waals surface area contributed by atoms with E-state index in [9.17, 15) is 9.90 Å². The van der Waals surface area contributed by atoms with Crippen LogP contribution in [-0.4, -0.2) is 16.2 Å². The number of carboxylic acid groups (broad SMARTS) is 1. The molecule has 1 atom stereocenters. The summed E-state index contributed by atoms with van der Waals surface area (Å²) < 4.78 is 0. The van der Waals surface area contributed by atoms with E-state index in [2.05, 4.69) is 0 Å². The van der Waals surface area contributed by atoms with Crippen LogP contribution in [0.2, 0.25) is 0 Å². The molecule has 1 aromatic rings. The van der Waals surface area contributed by atoms with Gasteiger partial charge in [0.1, 0.15) is 5.75 Å². The average molecular weight is 209 g/mol. The maximum atomic E-state index is 10.5. The topological polar surface area (TPSA) is 83.5 Å². The highest BCUT2D eigenvalue weighted by atomic mass is 16.4. The zero-order valence-electron chi connectivity index (χ0n) is 8.82. The van der Waals surface area contributed by atoms with Gasteiger partial charge in [-0.3, -0.25) is 4.79 Å². The van der Waals surface area contributed by atoms with E-state index in [0.717, 1.165) is 11.1 Å². The summed E-state index contributed by atoms with van der Waals surface area (Å²) in [7, 11) is 0. The van der Waals surface area contributed by atoms with Gasteiger partial charge in [-0.25, -0.2) is 0 Å². The summed E-state index contributed by atoms with van der Waals surface area (Å²) in [6.45, 7) is 3.77. The summed E-state index contributed by atoms with van der Waals surface area (Å²) in [5.41, 5.74) is 8.11. The predicted octanol–water partition coefficient (Wildman–Crippen LogP) is 1.48. The van der Waals surface area contributed by atoms with Gasteiger partial charge >= 0.3 is 5.97 Å². The standard InChI is InChI=1S/C11H15NO3/c1-6-3-8(9(12)5-11(14)15)10(13)4-7(6)2/h3-4,9,13H,5,12H2,1-2H3,(H,14,15). The minimum absolute atomic E-state index is 0.0619. The lowest BCUT2D eigenvalue weighted by atomic mass is 9.98. The van der Waals surface area contributed by atoms with Gasteiger partial charge in [-0.2, -0.15) is 0 Å². The van der Waals surface area contributed by atoms with E-state index in [1.54, 1.807) is 12.1 Å². The number of phenols is 1. The van der Waals surface area contributed by atoms with Gasteiger partial charge in [-0.05, 0) is 31.0 Å². The van der Waals surface area contributed by atoms with Crippen molar-refractivity contribution in [2.75, 3.05) is 0 Å². The highest BCUT2D eigenvalue weighted by Crippen LogP contribution is 2.27. The van der Waals surface area contributed by atoms with Crippen LogP contribution in [0.15, 0.2) is 12.1 Å². The van der Waals surface area contributed by atoms with Crippen LogP contribution in [-0.2, 0) is 4.79 Å². The van der Waals surface area contributed by atoms with Crippen molar-refractivity contribution in [2.24, 2.45) is 5.73 Å². The number of hydrogen-bond donors (Lipinski definition) is 3. The number of nitrogens with two attached hydrogens (primary N) is 1. The Morgan fingerprint density at radius 3 is 2.47 bits per heavy atom. The Hall–Kier alpha value is -1.55. The molecule has 15 heavy (non-hydrogen) atoms. The second-order valence-corrected chi connectivity index (χ2v) is 3.70. The fourth-order valence-electron chi connectivity index (χ4n) is 1.42. The van der Waals surface area contributed by atoms with Gasteiger partial charge < -0.3 is 15.9 Å². The summed E-state index contributed by atoms with van der Waals surface area (Å²) >= 11 is 0. The predicted molar refractivity (Wildman–Crippen MR) is 56.8 cm³/mol. The van der Waals surface area contributed by atoms with Crippen molar-refractivity contribution in [1.29, 1.82) is 0 Å². The van der Waals surface area contributed by atoms with Crippen molar-refractivity contribution >= 4 is 5.97 Å². The van der Waals surface area contributed by atoms with Crippen LogP contribution in [0.4, 0.5) is 0 Å². The van der Waals surface area contributed by atoms with Crippen molar-refractivity contribution in [2.45, 2.75) is 26.3 Å². The molecular weight excluding hydrogens is 194 g/mol. The number of hydrogen-bond acceptors (Lipinski definition) is 3. The number of phenolic OH excluding ortho intramolecular Hbond substituents is 1. The van der Waals surface area contributed by atoms with Crippen molar-refractivity contribution in [3.8, 4) is 5.75 Å². The van der Waals surface area contributed by atoms with Crippen LogP contribution >= 0.6 is 0 Å². The van der Waals surface area contributed by atoms with Crippen molar-refractivity contribution < 1.29 is 15.0 Å². The van der Waals surface area contributed by atoms with Crippen molar-refractivity contribution in [3.63, 3.8) is 0 Å². The minimum atomic E-state index is -0.972. The maximum Gasteiger partial charge on any atom is 0.305 e. The highest BCUT2D eigenvalue weighted by molar-refractivity contribution is 5.68. The van der Waals surface area contributed by atoms with E-state index in [0.29, 0.717) is 5.56 Å². The quantitative estimate of drug-likeness (QED) is 0.704. The fourth-order valence-corrected chi connectivity index (χ4v) is 1.42. The fraction of sp³-hybridized carbons (Fsp3) is 0.364. The van der Waals surface area contributed by atoms with Crippen molar-refractivity contribution in [1.82, 2.24) is 0 Å². The smallest absolute Gasteiger partial charge is 0.305 e. The Bertz CT molecular complexity index is 388. The Kier molecular flexibility index (Phi) is 3.31. The van der Waals surface area contributed by atoms with Crippen LogP contribution in [0.5, 0.6) is 5.75 Å². The van der Waals surface area contributed by atoms with E-state index < -0.39 is 12.0 Å². The van der Waals surface area contributed by atoms with Crippen LogP contribution in [0.1, 0.15) is 29.2 Å². The van der Waals surface area contributed by atoms with E-state index in [-0.39, 0.29) is 12.2 Å². The molecule has 0 fully saturated rings. The highest BCUT2D eigenvalue weighted by Gasteiger charge is 2.15. The molecule has 0 amide bonds. The van der Waals surface area contributed by atoms with E-state index in [1.165, 1.54) is 0 Å². The summed E-state index contributed by atoms with van der Waals surface area (Å²) in [6.07, 6.45) is -0.184. The largest absolute Gasteiger partial charge is 0.508 e. The minimum Gasteiger partial charge on any atom is -0.508 e. The van der Waals surface area contributed by atoms with Gasteiger partial charge in [0.05, 0.1) is 6.42 Å². The Morgan fingerprint density at radius 1 is 1.40 bits per heavy atom. The molecule has 82 valence electrons. The summed E-state index contributed by atoms with van der Waals surface area (Å²) in [5.74, 6) is -0.910. The number of aliphatic carboxylic acids is 1. The number of carbonyl (C=O) groups is 1. The number of carboxylic acids is 1. The van der Waals surface area contributed by atoms with Crippen LogP contribution in [0.25, 0.3) is 0 Å². The lowest BCUT2D eigenvalue weighted by Crippen LogP contribution is -2.15. The second kappa shape index (κ2) is 4.31. The van der Waals surface area contributed by atoms with Gasteiger partial charge in [-0.15, -0.1) is 0 Å². The first-order chi connectivity index (χ1) is 6.91. The summed E-state index contributed by atoms with van der Waals surface area (Å²) in [5, 5.41) is 18.2. The van der Waals surface area contributed by atoms with Crippen LogP contribution in [0.3, 0.4) is 0 Å². The first kappa shape index (κ1) is 11.5. The molecule has 4 N–H and O–H groups in total. The molecule has 0 aliphatic heterocycles. The Balaban J connectivity index is 3.03. The first-order valence-electron chi connectivity index (χ1n) is 4.69. The molecule has 0 saturated heterocycles. The van der Waals surface area contributed by atoms with E-state index in [1.807, 2.05) is 13.8 Å². The van der Waals surface area contributed by atoms with E-state index >= 15 is 0 Å². The van der Waals surface area contributed by atoms with Crippen molar-refractivity contribution in [3.05, 3.63) is 28.8 Å². The SMILES string of the molecule is Cc1cc(O)c(C(N)CC(=O)O)cc1C. The summed E-state index contributed by atoms with van der Waals surface area (Å²) in [6, 6.07) is 2.67. The van der Waals surface area contributed by atoms with Gasteiger partial charge in [0.25, 0.3) is 0 Å². The molecule has 0 spiro atoms. The third-order valence-electron chi connectivity index (χ3n) is 2.44. The molecule has 4 heteroatoms. The van der Waals surface area contributed by atoms with Crippen LogP contribution in [0, 0.1) is 13.8 Å². The molecule has 1 rings (SSSR count). The lowest BCUT2D eigenvalue weighted by Gasteiger charge is -2.13. The number of aryl methyl sites for hydroxylation is 2. The molecule has 0 bridgehead atoms. The molecule has 0 aromatic heterocycles. The Labute approximate surface area is 88.3 Å². The Morgan fingerprint density at radius 2 is 1.93 bits per heavy atom. The number of benzene rings is 1. The third kappa shape index (κ3) is 2.70. The first-order valence-corrected chi connectivity index (χ1v) is 4.69. The van der Waals surface area contributed by atoms with E-state index in [4.69, 9.17) is 10.8 Å². The molecule has 0 radical (unpaired) electrons. The van der Waals surface area contributed by atoms with Gasteiger partial charge in [0.15, 0.2) is 0 Å². The molecule has 4 nitrogen and oxygen atoms in total. The second-order valence-electron chi connectivity index (χ2n) is 3.70. The zero-order chi connectivity index (χ0) is 11.6. The third-order valence-corrected chi connectivity index (χ3v) is 2.44. The molecular formula is C11H15NO3. The number of aromatic hydroxyl groups is 1. The molecule has 1 aromatic carbocycles. The zero-order valence-corrected chi connectivity index (χ0v) is 8.82. The lowest BCUT2D eigenvalue weighted by molar-refractivity contribution is -0.137. The van der Waals surface area contributed by atoms with Gasteiger partial charge in [0, 0.05) is 11.6 Å².